The maximum atomic E-state index is 5.54. The number of hydrogen-bond donors (Lipinski definition) is 1. The lowest BCUT2D eigenvalue weighted by atomic mass is 10.2. The largest absolute Gasteiger partial charge is 0.454 e. The van der Waals surface area contributed by atoms with Gasteiger partial charge in [-0.15, -0.1) is 0 Å². The first kappa shape index (κ1) is 14.9. The van der Waals surface area contributed by atoms with E-state index in [1.54, 1.807) is 0 Å². The Hall–Kier alpha value is -1.05. The Morgan fingerprint density at radius 3 is 2.48 bits per heavy atom. The lowest BCUT2D eigenvalue weighted by Gasteiger charge is -2.26. The van der Waals surface area contributed by atoms with Gasteiger partial charge in [-0.3, -0.25) is 4.90 Å². The van der Waals surface area contributed by atoms with E-state index < -0.39 is 0 Å². The van der Waals surface area contributed by atoms with Crippen molar-refractivity contribution < 1.29 is 9.15 Å². The van der Waals surface area contributed by atoms with Gasteiger partial charge in [0, 0.05) is 25.3 Å². The van der Waals surface area contributed by atoms with Gasteiger partial charge >= 0.3 is 0 Å². The molecule has 1 aliphatic rings. The van der Waals surface area contributed by atoms with Crippen LogP contribution in [0.25, 0.3) is 0 Å². The van der Waals surface area contributed by atoms with Gasteiger partial charge in [-0.05, 0) is 52.4 Å². The number of benzene rings is 1. The Morgan fingerprint density at radius 1 is 1.05 bits per heavy atom. The molecule has 1 N–H and O–H groups in total. The average Bonchev–Trinajstić information content (AvgIpc) is 2.93. The summed E-state index contributed by atoms with van der Waals surface area (Å²) in [5.74, 6) is 0.955. The molecule has 0 saturated carbocycles. The summed E-state index contributed by atoms with van der Waals surface area (Å²) in [6, 6.07) is 12.6. The van der Waals surface area contributed by atoms with E-state index in [1.807, 2.05) is 12.1 Å². The van der Waals surface area contributed by atoms with Gasteiger partial charge in [0.2, 0.25) is 0 Å². The second-order valence-corrected chi connectivity index (χ2v) is 6.21. The second kappa shape index (κ2) is 7.29. The van der Waals surface area contributed by atoms with Crippen LogP contribution in [0.3, 0.4) is 0 Å². The summed E-state index contributed by atoms with van der Waals surface area (Å²) in [5.41, 5.74) is 2.46. The molecule has 0 radical (unpaired) electrons. The van der Waals surface area contributed by atoms with Crippen LogP contribution in [-0.2, 0) is 17.8 Å². The van der Waals surface area contributed by atoms with Crippen LogP contribution in [0.4, 0.5) is 5.69 Å². The molecule has 4 nitrogen and oxygen atoms in total. The molecular weight excluding hydrogens is 379 g/mol. The number of halogens is 1. The molecule has 0 unspecified atom stereocenters. The van der Waals surface area contributed by atoms with E-state index in [2.05, 4.69) is 57.1 Å². The normalized spacial score (nSPS) is 16.0. The monoisotopic (exact) mass is 398 g/mol. The molecule has 0 spiro atoms. The summed E-state index contributed by atoms with van der Waals surface area (Å²) in [6.07, 6.45) is 0. The molecular formula is C16H19IN2O2. The molecule has 2 heterocycles. The number of morpholine rings is 1. The molecule has 21 heavy (non-hydrogen) atoms. The van der Waals surface area contributed by atoms with Crippen LogP contribution in [0, 0.1) is 3.77 Å². The Kier molecular flexibility index (Phi) is 5.16. The first-order valence-corrected chi connectivity index (χ1v) is 8.24. The van der Waals surface area contributed by atoms with Crippen molar-refractivity contribution in [3.05, 3.63) is 51.5 Å². The van der Waals surface area contributed by atoms with Crippen molar-refractivity contribution in [1.82, 2.24) is 4.90 Å². The molecule has 3 rings (SSSR count). The van der Waals surface area contributed by atoms with Crippen LogP contribution in [0.5, 0.6) is 0 Å². The van der Waals surface area contributed by atoms with Crippen LogP contribution >= 0.6 is 22.6 Å². The van der Waals surface area contributed by atoms with E-state index >= 15 is 0 Å². The van der Waals surface area contributed by atoms with Gasteiger partial charge < -0.3 is 14.5 Å². The molecule has 0 aliphatic carbocycles. The minimum Gasteiger partial charge on any atom is -0.454 e. The molecule has 5 heteroatoms. The second-order valence-electron chi connectivity index (χ2n) is 5.14. The Balaban J connectivity index is 1.51. The van der Waals surface area contributed by atoms with Crippen LogP contribution < -0.4 is 5.32 Å². The number of furan rings is 1. The third-order valence-electron chi connectivity index (χ3n) is 3.56. The van der Waals surface area contributed by atoms with Gasteiger partial charge in [0.25, 0.3) is 0 Å². The molecule has 1 aromatic carbocycles. The first-order valence-electron chi connectivity index (χ1n) is 7.17. The highest BCUT2D eigenvalue weighted by molar-refractivity contribution is 14.1. The van der Waals surface area contributed by atoms with Crippen molar-refractivity contribution in [2.24, 2.45) is 0 Å². The zero-order chi connectivity index (χ0) is 14.5. The lowest BCUT2D eigenvalue weighted by molar-refractivity contribution is 0.0342. The SMILES string of the molecule is Ic1ccc(CNc2ccc(CN3CCOCC3)cc2)o1. The summed E-state index contributed by atoms with van der Waals surface area (Å²) >= 11 is 2.18. The summed E-state index contributed by atoms with van der Waals surface area (Å²) in [7, 11) is 0. The maximum absolute atomic E-state index is 5.54. The predicted octanol–water partition coefficient (Wildman–Crippen LogP) is 3.33. The first-order chi connectivity index (χ1) is 10.3. The smallest absolute Gasteiger partial charge is 0.164 e. The molecule has 112 valence electrons. The van der Waals surface area contributed by atoms with Crippen molar-refractivity contribution in [2.75, 3.05) is 31.6 Å². The molecule has 0 atom stereocenters. The summed E-state index contributed by atoms with van der Waals surface area (Å²) in [6.45, 7) is 5.46. The number of rotatable bonds is 5. The highest BCUT2D eigenvalue weighted by Crippen LogP contribution is 2.15. The third kappa shape index (κ3) is 4.46. The Morgan fingerprint density at radius 2 is 1.81 bits per heavy atom. The zero-order valence-corrected chi connectivity index (χ0v) is 14.0. The quantitative estimate of drug-likeness (QED) is 0.785. The number of nitrogens with one attached hydrogen (secondary N) is 1. The fraction of sp³-hybridized carbons (Fsp3) is 0.375. The Bertz CT molecular complexity index is 562. The van der Waals surface area contributed by atoms with E-state index in [4.69, 9.17) is 9.15 Å². The molecule has 1 aromatic heterocycles. The van der Waals surface area contributed by atoms with E-state index in [1.165, 1.54) is 5.56 Å². The van der Waals surface area contributed by atoms with Crippen LogP contribution in [0.2, 0.25) is 0 Å². The van der Waals surface area contributed by atoms with Crippen molar-refractivity contribution in [3.63, 3.8) is 0 Å². The molecule has 1 aliphatic heterocycles. The molecule has 0 bridgehead atoms. The fourth-order valence-electron chi connectivity index (χ4n) is 2.38. The van der Waals surface area contributed by atoms with E-state index in [0.29, 0.717) is 6.54 Å². The minimum absolute atomic E-state index is 0.714. The number of ether oxygens (including phenoxy) is 1. The highest BCUT2D eigenvalue weighted by atomic mass is 127. The Labute approximate surface area is 138 Å². The van der Waals surface area contributed by atoms with Gasteiger partial charge in [0.15, 0.2) is 3.77 Å². The maximum Gasteiger partial charge on any atom is 0.164 e. The van der Waals surface area contributed by atoms with Crippen molar-refractivity contribution in [3.8, 4) is 0 Å². The van der Waals surface area contributed by atoms with Crippen molar-refractivity contribution in [2.45, 2.75) is 13.1 Å². The predicted molar refractivity (Wildman–Crippen MR) is 91.3 cm³/mol. The summed E-state index contributed by atoms with van der Waals surface area (Å²) < 4.78 is 11.8. The van der Waals surface area contributed by atoms with Crippen LogP contribution in [-0.4, -0.2) is 31.2 Å². The lowest BCUT2D eigenvalue weighted by Crippen LogP contribution is -2.35. The summed E-state index contributed by atoms with van der Waals surface area (Å²) in [4.78, 5) is 2.43. The zero-order valence-electron chi connectivity index (χ0n) is 11.8. The van der Waals surface area contributed by atoms with Crippen molar-refractivity contribution in [1.29, 1.82) is 0 Å². The van der Waals surface area contributed by atoms with Gasteiger partial charge in [-0.1, -0.05) is 12.1 Å². The van der Waals surface area contributed by atoms with Crippen LogP contribution in [0.1, 0.15) is 11.3 Å². The van der Waals surface area contributed by atoms with Gasteiger partial charge in [-0.25, -0.2) is 0 Å². The van der Waals surface area contributed by atoms with E-state index in [-0.39, 0.29) is 0 Å². The van der Waals surface area contributed by atoms with Crippen molar-refractivity contribution >= 4 is 28.3 Å². The van der Waals surface area contributed by atoms with E-state index in [9.17, 15) is 0 Å². The third-order valence-corrected chi connectivity index (χ3v) is 4.14. The highest BCUT2D eigenvalue weighted by Gasteiger charge is 2.10. The fourth-order valence-corrected chi connectivity index (χ4v) is 2.84. The average molecular weight is 398 g/mol. The number of anilines is 1. The van der Waals surface area contributed by atoms with Crippen LogP contribution in [0.15, 0.2) is 40.8 Å². The van der Waals surface area contributed by atoms with Gasteiger partial charge in [0.1, 0.15) is 5.76 Å². The number of nitrogens with zero attached hydrogens (tertiary/aromatic N) is 1. The van der Waals surface area contributed by atoms with Gasteiger partial charge in [0.05, 0.1) is 19.8 Å². The van der Waals surface area contributed by atoms with Gasteiger partial charge in [-0.2, -0.15) is 0 Å². The molecule has 1 fully saturated rings. The minimum atomic E-state index is 0.714. The molecule has 2 aromatic rings. The summed E-state index contributed by atoms with van der Waals surface area (Å²) in [5, 5.41) is 3.37. The van der Waals surface area contributed by atoms with E-state index in [0.717, 1.165) is 48.1 Å². The molecule has 0 amide bonds. The topological polar surface area (TPSA) is 37.6 Å². The standard InChI is InChI=1S/C16H19IN2O2/c17-16-6-5-15(21-16)11-18-14-3-1-13(2-4-14)12-19-7-9-20-10-8-19/h1-6,18H,7-12H2. The molecule has 1 saturated heterocycles. The number of hydrogen-bond acceptors (Lipinski definition) is 4.